The lowest BCUT2D eigenvalue weighted by Crippen LogP contribution is -2.28. The zero-order chi connectivity index (χ0) is 20.9. The van der Waals surface area contributed by atoms with E-state index in [1.165, 1.54) is 11.0 Å². The third-order valence-electron chi connectivity index (χ3n) is 4.93. The highest BCUT2D eigenvalue weighted by Crippen LogP contribution is 2.28. The SMILES string of the molecule is O=C(Nc1cccc(/C=C/c2ccccn2)c1)C1CC(=O)N(c2ccccc2F)C1. The molecule has 30 heavy (non-hydrogen) atoms. The second kappa shape index (κ2) is 8.69. The fraction of sp³-hybridized carbons (Fsp3) is 0.125. The molecule has 3 aromatic rings. The van der Waals surface area contributed by atoms with Gasteiger partial charge in [0.25, 0.3) is 0 Å². The van der Waals surface area contributed by atoms with Gasteiger partial charge < -0.3 is 10.2 Å². The maximum atomic E-state index is 14.0. The zero-order valence-corrected chi connectivity index (χ0v) is 16.2. The molecule has 4 rings (SSSR count). The summed E-state index contributed by atoms with van der Waals surface area (Å²) in [5.41, 5.74) is 2.60. The molecular weight excluding hydrogens is 381 g/mol. The number of amides is 2. The van der Waals surface area contributed by atoms with E-state index in [4.69, 9.17) is 0 Å². The van der Waals surface area contributed by atoms with Crippen LogP contribution in [0.4, 0.5) is 15.8 Å². The highest BCUT2D eigenvalue weighted by molar-refractivity contribution is 6.03. The molecule has 0 spiro atoms. The van der Waals surface area contributed by atoms with Gasteiger partial charge in [-0.25, -0.2) is 4.39 Å². The Labute approximate surface area is 173 Å². The molecule has 1 aliphatic rings. The molecule has 6 heteroatoms. The number of pyridine rings is 1. The highest BCUT2D eigenvalue weighted by atomic mass is 19.1. The van der Waals surface area contributed by atoms with Crippen LogP contribution in [-0.4, -0.2) is 23.3 Å². The third kappa shape index (κ3) is 4.43. The lowest BCUT2D eigenvalue weighted by molar-refractivity contribution is -0.122. The first-order valence-electron chi connectivity index (χ1n) is 9.65. The van der Waals surface area contributed by atoms with Gasteiger partial charge in [-0.1, -0.05) is 36.4 Å². The van der Waals surface area contributed by atoms with E-state index >= 15 is 0 Å². The van der Waals surface area contributed by atoms with Crippen molar-refractivity contribution in [1.82, 2.24) is 4.98 Å². The monoisotopic (exact) mass is 401 g/mol. The molecule has 0 radical (unpaired) electrons. The normalized spacial score (nSPS) is 16.2. The van der Waals surface area contributed by atoms with E-state index in [0.29, 0.717) is 5.69 Å². The molecule has 1 aromatic heterocycles. The first-order chi connectivity index (χ1) is 14.6. The van der Waals surface area contributed by atoms with Gasteiger partial charge in [0, 0.05) is 24.8 Å². The van der Waals surface area contributed by atoms with Gasteiger partial charge in [0.2, 0.25) is 11.8 Å². The number of rotatable bonds is 5. The summed E-state index contributed by atoms with van der Waals surface area (Å²) < 4.78 is 14.0. The first kappa shape index (κ1) is 19.5. The van der Waals surface area contributed by atoms with Crippen molar-refractivity contribution in [2.75, 3.05) is 16.8 Å². The fourth-order valence-corrected chi connectivity index (χ4v) is 3.41. The van der Waals surface area contributed by atoms with Crippen molar-refractivity contribution in [3.05, 3.63) is 90.0 Å². The minimum atomic E-state index is -0.537. The number of aromatic nitrogens is 1. The van der Waals surface area contributed by atoms with E-state index in [9.17, 15) is 14.0 Å². The van der Waals surface area contributed by atoms with Crippen LogP contribution < -0.4 is 10.2 Å². The highest BCUT2D eigenvalue weighted by Gasteiger charge is 2.36. The average Bonchev–Trinajstić information content (AvgIpc) is 3.15. The lowest BCUT2D eigenvalue weighted by atomic mass is 10.1. The number of hydrogen-bond donors (Lipinski definition) is 1. The minimum Gasteiger partial charge on any atom is -0.326 e. The van der Waals surface area contributed by atoms with E-state index in [-0.39, 0.29) is 30.5 Å². The summed E-state index contributed by atoms with van der Waals surface area (Å²) in [6.45, 7) is 0.158. The molecule has 1 aliphatic heterocycles. The van der Waals surface area contributed by atoms with Crippen LogP contribution in [0, 0.1) is 11.7 Å². The van der Waals surface area contributed by atoms with Gasteiger partial charge in [0.15, 0.2) is 0 Å². The van der Waals surface area contributed by atoms with Gasteiger partial charge in [-0.05, 0) is 48.0 Å². The van der Waals surface area contributed by atoms with Crippen LogP contribution in [0.3, 0.4) is 0 Å². The molecule has 2 heterocycles. The predicted octanol–water partition coefficient (Wildman–Crippen LogP) is 4.38. The van der Waals surface area contributed by atoms with Crippen molar-refractivity contribution in [3.63, 3.8) is 0 Å². The number of anilines is 2. The van der Waals surface area contributed by atoms with E-state index in [0.717, 1.165) is 11.3 Å². The molecule has 0 saturated carbocycles. The molecule has 1 atom stereocenters. The number of carbonyl (C=O) groups is 2. The Hall–Kier alpha value is -3.80. The summed E-state index contributed by atoms with van der Waals surface area (Å²) in [4.78, 5) is 30.6. The standard InChI is InChI=1S/C24H20FN3O2/c25-21-9-1-2-10-22(21)28-16-18(15-23(28)29)24(30)27-20-8-5-6-17(14-20)11-12-19-7-3-4-13-26-19/h1-14,18H,15-16H2,(H,27,30)/b12-11+. The summed E-state index contributed by atoms with van der Waals surface area (Å²) >= 11 is 0. The fourth-order valence-electron chi connectivity index (χ4n) is 3.41. The molecule has 1 unspecified atom stereocenters. The Morgan fingerprint density at radius 3 is 2.70 bits per heavy atom. The van der Waals surface area contributed by atoms with Crippen LogP contribution in [0.15, 0.2) is 72.9 Å². The van der Waals surface area contributed by atoms with Crippen molar-refractivity contribution >= 4 is 35.3 Å². The first-order valence-corrected chi connectivity index (χ1v) is 9.65. The predicted molar refractivity (Wildman–Crippen MR) is 115 cm³/mol. The number of nitrogens with one attached hydrogen (secondary N) is 1. The van der Waals surface area contributed by atoms with Crippen LogP contribution in [-0.2, 0) is 9.59 Å². The second-order valence-corrected chi connectivity index (χ2v) is 7.06. The van der Waals surface area contributed by atoms with E-state index < -0.39 is 11.7 Å². The molecule has 0 bridgehead atoms. The summed E-state index contributed by atoms with van der Waals surface area (Å²) in [6, 6.07) is 19.2. The number of halogens is 1. The Bertz CT molecular complexity index is 1100. The largest absolute Gasteiger partial charge is 0.326 e. The quantitative estimate of drug-likeness (QED) is 0.690. The molecule has 1 N–H and O–H groups in total. The molecule has 2 aromatic carbocycles. The summed E-state index contributed by atoms with van der Waals surface area (Å²) in [7, 11) is 0. The van der Waals surface area contributed by atoms with Gasteiger partial charge in [0.1, 0.15) is 5.82 Å². The van der Waals surface area contributed by atoms with Gasteiger partial charge >= 0.3 is 0 Å². The number of para-hydroxylation sites is 1. The molecule has 0 aliphatic carbocycles. The van der Waals surface area contributed by atoms with Crippen LogP contribution in [0.1, 0.15) is 17.7 Å². The Morgan fingerprint density at radius 1 is 1.07 bits per heavy atom. The average molecular weight is 401 g/mol. The van der Waals surface area contributed by atoms with Crippen molar-refractivity contribution in [2.45, 2.75) is 6.42 Å². The van der Waals surface area contributed by atoms with Gasteiger partial charge in [-0.3, -0.25) is 14.6 Å². The Morgan fingerprint density at radius 2 is 1.90 bits per heavy atom. The van der Waals surface area contributed by atoms with Gasteiger partial charge in [0.05, 0.1) is 17.3 Å². The topological polar surface area (TPSA) is 62.3 Å². The number of carbonyl (C=O) groups excluding carboxylic acids is 2. The maximum absolute atomic E-state index is 14.0. The Balaban J connectivity index is 1.42. The van der Waals surface area contributed by atoms with Crippen molar-refractivity contribution in [2.24, 2.45) is 5.92 Å². The summed E-state index contributed by atoms with van der Waals surface area (Å²) in [6.07, 6.45) is 5.59. The zero-order valence-electron chi connectivity index (χ0n) is 16.2. The van der Waals surface area contributed by atoms with E-state index in [1.807, 2.05) is 48.6 Å². The lowest BCUT2D eigenvalue weighted by Gasteiger charge is -2.17. The third-order valence-corrected chi connectivity index (χ3v) is 4.93. The van der Waals surface area contributed by atoms with Crippen LogP contribution in [0.5, 0.6) is 0 Å². The van der Waals surface area contributed by atoms with Gasteiger partial charge in [-0.2, -0.15) is 0 Å². The Kier molecular flexibility index (Phi) is 5.66. The molecule has 5 nitrogen and oxygen atoms in total. The summed E-state index contributed by atoms with van der Waals surface area (Å²) in [5.74, 6) is -1.52. The van der Waals surface area contributed by atoms with E-state index in [1.54, 1.807) is 30.5 Å². The number of benzene rings is 2. The molecule has 1 saturated heterocycles. The second-order valence-electron chi connectivity index (χ2n) is 7.06. The number of hydrogen-bond acceptors (Lipinski definition) is 3. The maximum Gasteiger partial charge on any atom is 0.229 e. The minimum absolute atomic E-state index is 0.0550. The van der Waals surface area contributed by atoms with Crippen LogP contribution >= 0.6 is 0 Å². The molecule has 1 fully saturated rings. The number of nitrogens with zero attached hydrogens (tertiary/aromatic N) is 2. The van der Waals surface area contributed by atoms with Gasteiger partial charge in [-0.15, -0.1) is 0 Å². The summed E-state index contributed by atoms with van der Waals surface area (Å²) in [5, 5.41) is 2.87. The smallest absolute Gasteiger partial charge is 0.229 e. The molecule has 150 valence electrons. The van der Waals surface area contributed by atoms with E-state index in [2.05, 4.69) is 10.3 Å². The molecular formula is C24H20FN3O2. The van der Waals surface area contributed by atoms with Crippen LogP contribution in [0.2, 0.25) is 0 Å². The molecule has 2 amide bonds. The van der Waals surface area contributed by atoms with Crippen molar-refractivity contribution in [1.29, 1.82) is 0 Å². The van der Waals surface area contributed by atoms with Crippen LogP contribution in [0.25, 0.3) is 12.2 Å². The van der Waals surface area contributed by atoms with Crippen molar-refractivity contribution in [3.8, 4) is 0 Å². The van der Waals surface area contributed by atoms with Crippen molar-refractivity contribution < 1.29 is 14.0 Å².